The molecule has 0 aliphatic rings. The Morgan fingerprint density at radius 1 is 1.14 bits per heavy atom. The van der Waals surface area contributed by atoms with Gasteiger partial charge in [0.05, 0.1) is 5.02 Å². The smallest absolute Gasteiger partial charge is 0.336 e. The fraction of sp³-hybridized carbons (Fsp3) is 0.273. The molecule has 6 heteroatoms. The number of rotatable bonds is 6. The van der Waals surface area contributed by atoms with Crippen LogP contribution in [0.1, 0.15) is 23.6 Å². The lowest BCUT2D eigenvalue weighted by Gasteiger charge is -2.18. The van der Waals surface area contributed by atoms with E-state index in [9.17, 15) is 9.59 Å². The van der Waals surface area contributed by atoms with E-state index in [1.165, 1.54) is 11.6 Å². The van der Waals surface area contributed by atoms with Crippen molar-refractivity contribution in [2.75, 3.05) is 13.7 Å². The second-order valence-electron chi connectivity index (χ2n) is 6.74. The summed E-state index contributed by atoms with van der Waals surface area (Å²) in [5, 5.41) is 1.09. The van der Waals surface area contributed by atoms with E-state index in [2.05, 4.69) is 19.1 Å². The first-order valence-electron chi connectivity index (χ1n) is 9.06. The summed E-state index contributed by atoms with van der Waals surface area (Å²) in [6.45, 7) is 4.24. The molecular formula is C22H22ClNO4. The Morgan fingerprint density at radius 2 is 1.82 bits per heavy atom. The molecular weight excluding hydrogens is 378 g/mol. The number of ether oxygens (including phenoxy) is 1. The molecule has 2 aromatic carbocycles. The van der Waals surface area contributed by atoms with Crippen molar-refractivity contribution in [2.45, 2.75) is 26.8 Å². The Labute approximate surface area is 168 Å². The second kappa shape index (κ2) is 8.48. The zero-order chi connectivity index (χ0) is 20.3. The largest absolute Gasteiger partial charge is 0.482 e. The highest BCUT2D eigenvalue weighted by atomic mass is 35.5. The molecule has 28 heavy (non-hydrogen) atoms. The minimum Gasteiger partial charge on any atom is -0.482 e. The molecule has 0 N–H and O–H groups in total. The van der Waals surface area contributed by atoms with Crippen molar-refractivity contribution in [1.29, 1.82) is 0 Å². The van der Waals surface area contributed by atoms with Crippen molar-refractivity contribution in [3.8, 4) is 5.75 Å². The van der Waals surface area contributed by atoms with Crippen LogP contribution >= 0.6 is 11.6 Å². The molecule has 0 bridgehead atoms. The van der Waals surface area contributed by atoms with Crippen LogP contribution in [0, 0.1) is 6.92 Å². The lowest BCUT2D eigenvalue weighted by atomic mass is 10.1. The SMILES string of the molecule is CCc1ccc(CN(C)C(=O)COc2cc3oc(=O)cc(C)c3cc2Cl)cc1. The number of carbonyl (C=O) groups is 1. The first kappa shape index (κ1) is 20.0. The van der Waals surface area contributed by atoms with Crippen LogP contribution in [0.5, 0.6) is 5.75 Å². The van der Waals surface area contributed by atoms with Crippen LogP contribution in [-0.2, 0) is 17.8 Å². The monoisotopic (exact) mass is 399 g/mol. The van der Waals surface area contributed by atoms with Crippen LogP contribution in [0.2, 0.25) is 5.02 Å². The number of benzene rings is 2. The van der Waals surface area contributed by atoms with Gasteiger partial charge in [0.15, 0.2) is 6.61 Å². The van der Waals surface area contributed by atoms with E-state index in [1.54, 1.807) is 24.1 Å². The van der Waals surface area contributed by atoms with Crippen molar-refractivity contribution < 1.29 is 13.9 Å². The quantitative estimate of drug-likeness (QED) is 0.578. The van der Waals surface area contributed by atoms with Crippen LogP contribution < -0.4 is 10.4 Å². The van der Waals surface area contributed by atoms with Crippen LogP contribution in [-0.4, -0.2) is 24.5 Å². The first-order chi connectivity index (χ1) is 13.4. The molecule has 0 aliphatic heterocycles. The molecule has 0 saturated carbocycles. The second-order valence-corrected chi connectivity index (χ2v) is 7.14. The summed E-state index contributed by atoms with van der Waals surface area (Å²) in [7, 11) is 1.73. The molecule has 0 saturated heterocycles. The van der Waals surface area contributed by atoms with Crippen molar-refractivity contribution in [3.05, 3.63) is 74.6 Å². The van der Waals surface area contributed by atoms with Gasteiger partial charge in [0.1, 0.15) is 11.3 Å². The maximum atomic E-state index is 12.4. The molecule has 3 aromatic rings. The van der Waals surface area contributed by atoms with E-state index >= 15 is 0 Å². The summed E-state index contributed by atoms with van der Waals surface area (Å²) in [5.74, 6) is 0.124. The van der Waals surface area contributed by atoms with Crippen molar-refractivity contribution in [2.24, 2.45) is 0 Å². The minimum atomic E-state index is -0.442. The standard InChI is InChI=1S/C22H22ClNO4/c1-4-15-5-7-16(8-6-15)12-24(3)21(25)13-27-20-11-19-17(10-18(20)23)14(2)9-22(26)28-19/h5-11H,4,12-13H2,1-3H3. The van der Waals surface area contributed by atoms with Gasteiger partial charge < -0.3 is 14.1 Å². The van der Waals surface area contributed by atoms with Crippen LogP contribution in [0.3, 0.4) is 0 Å². The zero-order valence-electron chi connectivity index (χ0n) is 16.1. The summed E-state index contributed by atoms with van der Waals surface area (Å²) in [4.78, 5) is 25.6. The van der Waals surface area contributed by atoms with E-state index in [-0.39, 0.29) is 12.5 Å². The molecule has 5 nitrogen and oxygen atoms in total. The van der Waals surface area contributed by atoms with Gasteiger partial charge in [-0.05, 0) is 36.1 Å². The molecule has 0 spiro atoms. The highest BCUT2D eigenvalue weighted by Crippen LogP contribution is 2.31. The molecule has 146 valence electrons. The van der Waals surface area contributed by atoms with Crippen LogP contribution in [0.4, 0.5) is 0 Å². The van der Waals surface area contributed by atoms with E-state index in [4.69, 9.17) is 20.8 Å². The molecule has 1 amide bonds. The van der Waals surface area contributed by atoms with Crippen molar-refractivity contribution >= 4 is 28.5 Å². The number of aryl methyl sites for hydroxylation is 2. The van der Waals surface area contributed by atoms with E-state index in [0.717, 1.165) is 22.9 Å². The number of likely N-dealkylation sites (N-methyl/N-ethyl adjacent to an activating group) is 1. The first-order valence-corrected chi connectivity index (χ1v) is 9.43. The van der Waals surface area contributed by atoms with E-state index in [1.807, 2.05) is 19.1 Å². The van der Waals surface area contributed by atoms with Gasteiger partial charge in [-0.1, -0.05) is 42.8 Å². The third-order valence-electron chi connectivity index (χ3n) is 4.63. The summed E-state index contributed by atoms with van der Waals surface area (Å²) >= 11 is 6.27. The third kappa shape index (κ3) is 4.54. The molecule has 0 radical (unpaired) electrons. The molecule has 1 aromatic heterocycles. The fourth-order valence-corrected chi connectivity index (χ4v) is 3.14. The number of amides is 1. The number of nitrogens with zero attached hydrogens (tertiary/aromatic N) is 1. The van der Waals surface area contributed by atoms with Crippen LogP contribution in [0.25, 0.3) is 11.0 Å². The Balaban J connectivity index is 1.67. The Kier molecular flexibility index (Phi) is 6.05. The minimum absolute atomic E-state index is 0.162. The van der Waals surface area contributed by atoms with E-state index in [0.29, 0.717) is 22.9 Å². The number of hydrogen-bond donors (Lipinski definition) is 0. The number of halogens is 1. The van der Waals surface area contributed by atoms with Gasteiger partial charge >= 0.3 is 5.63 Å². The number of carbonyl (C=O) groups excluding carboxylic acids is 1. The van der Waals surface area contributed by atoms with Gasteiger partial charge in [-0.3, -0.25) is 4.79 Å². The lowest BCUT2D eigenvalue weighted by Crippen LogP contribution is -2.31. The Hall–Kier alpha value is -2.79. The predicted molar refractivity (Wildman–Crippen MR) is 110 cm³/mol. The number of fused-ring (bicyclic) bond motifs is 1. The summed E-state index contributed by atoms with van der Waals surface area (Å²) < 4.78 is 10.8. The summed E-state index contributed by atoms with van der Waals surface area (Å²) in [6, 6.07) is 12.8. The van der Waals surface area contributed by atoms with Gasteiger partial charge in [0.25, 0.3) is 5.91 Å². The van der Waals surface area contributed by atoms with Crippen molar-refractivity contribution in [3.63, 3.8) is 0 Å². The topological polar surface area (TPSA) is 59.8 Å². The van der Waals surface area contributed by atoms with Gasteiger partial charge in [-0.25, -0.2) is 4.79 Å². The highest BCUT2D eigenvalue weighted by Gasteiger charge is 2.14. The predicted octanol–water partition coefficient (Wildman–Crippen LogP) is 4.35. The maximum Gasteiger partial charge on any atom is 0.336 e. The average molecular weight is 400 g/mol. The van der Waals surface area contributed by atoms with Gasteiger partial charge in [0, 0.05) is 31.1 Å². The summed E-state index contributed by atoms with van der Waals surface area (Å²) in [6.07, 6.45) is 0.981. The van der Waals surface area contributed by atoms with Crippen molar-refractivity contribution in [1.82, 2.24) is 4.90 Å². The summed E-state index contributed by atoms with van der Waals surface area (Å²) in [5.41, 5.74) is 3.01. The molecule has 0 aliphatic carbocycles. The number of hydrogen-bond acceptors (Lipinski definition) is 4. The average Bonchev–Trinajstić information content (AvgIpc) is 2.67. The molecule has 0 unspecified atom stereocenters. The van der Waals surface area contributed by atoms with Gasteiger partial charge in [-0.2, -0.15) is 0 Å². The van der Waals surface area contributed by atoms with Crippen LogP contribution in [0.15, 0.2) is 51.7 Å². The van der Waals surface area contributed by atoms with E-state index < -0.39 is 5.63 Å². The maximum absolute atomic E-state index is 12.4. The highest BCUT2D eigenvalue weighted by molar-refractivity contribution is 6.32. The molecule has 3 rings (SSSR count). The Morgan fingerprint density at radius 3 is 2.50 bits per heavy atom. The Bertz CT molecular complexity index is 1060. The molecule has 0 atom stereocenters. The normalized spacial score (nSPS) is 10.9. The molecule has 1 heterocycles. The van der Waals surface area contributed by atoms with Gasteiger partial charge in [-0.15, -0.1) is 0 Å². The van der Waals surface area contributed by atoms with Gasteiger partial charge in [0.2, 0.25) is 0 Å². The lowest BCUT2D eigenvalue weighted by molar-refractivity contribution is -0.132. The third-order valence-corrected chi connectivity index (χ3v) is 4.93. The fourth-order valence-electron chi connectivity index (χ4n) is 2.92. The zero-order valence-corrected chi connectivity index (χ0v) is 16.9. The molecule has 0 fully saturated rings.